The monoisotopic (exact) mass is 375 g/mol. The van der Waals surface area contributed by atoms with Gasteiger partial charge in [0.25, 0.3) is 10.0 Å². The van der Waals surface area contributed by atoms with Crippen LogP contribution < -0.4 is 4.90 Å². The SMILES string of the molecule is O=S(=O)(c1cc2ccccc2[nH]1)N1CCN(c2ccccc2Cl)CC1. The van der Waals surface area contributed by atoms with Crippen LogP contribution in [0.1, 0.15) is 0 Å². The number of fused-ring (bicyclic) bond motifs is 1. The number of aromatic amines is 1. The molecule has 2 heterocycles. The molecule has 0 atom stereocenters. The van der Waals surface area contributed by atoms with Crippen LogP contribution in [-0.4, -0.2) is 43.9 Å². The number of aromatic nitrogens is 1. The van der Waals surface area contributed by atoms with Gasteiger partial charge in [-0.05, 0) is 24.3 Å². The Bertz CT molecular complexity index is 975. The minimum absolute atomic E-state index is 0.250. The molecule has 3 aromatic rings. The Labute approximate surface area is 151 Å². The Morgan fingerprint density at radius 1 is 0.920 bits per heavy atom. The van der Waals surface area contributed by atoms with Gasteiger partial charge in [0.1, 0.15) is 5.03 Å². The smallest absolute Gasteiger partial charge is 0.258 e. The summed E-state index contributed by atoms with van der Waals surface area (Å²) in [5.41, 5.74) is 1.78. The molecular weight excluding hydrogens is 358 g/mol. The predicted molar refractivity (Wildman–Crippen MR) is 101 cm³/mol. The molecule has 0 bridgehead atoms. The van der Waals surface area contributed by atoms with Gasteiger partial charge in [0.2, 0.25) is 0 Å². The number of para-hydroxylation sites is 2. The van der Waals surface area contributed by atoms with Gasteiger partial charge in [-0.25, -0.2) is 8.42 Å². The van der Waals surface area contributed by atoms with Crippen LogP contribution in [0, 0.1) is 0 Å². The molecule has 0 spiro atoms. The Kier molecular flexibility index (Phi) is 4.19. The van der Waals surface area contributed by atoms with Crippen molar-refractivity contribution >= 4 is 38.2 Å². The number of hydrogen-bond donors (Lipinski definition) is 1. The molecule has 1 aromatic heterocycles. The molecule has 1 fully saturated rings. The van der Waals surface area contributed by atoms with E-state index in [2.05, 4.69) is 9.88 Å². The third-order valence-corrected chi connectivity index (χ3v) is 6.70. The van der Waals surface area contributed by atoms with Gasteiger partial charge in [0, 0.05) is 37.1 Å². The van der Waals surface area contributed by atoms with Crippen molar-refractivity contribution in [2.75, 3.05) is 31.1 Å². The van der Waals surface area contributed by atoms with E-state index in [9.17, 15) is 8.42 Å². The van der Waals surface area contributed by atoms with Gasteiger partial charge in [0.15, 0.2) is 0 Å². The Balaban J connectivity index is 1.54. The summed E-state index contributed by atoms with van der Waals surface area (Å²) in [4.78, 5) is 5.15. The number of benzene rings is 2. The fourth-order valence-corrected chi connectivity index (χ4v) is 4.89. The minimum Gasteiger partial charge on any atom is -0.368 e. The van der Waals surface area contributed by atoms with Gasteiger partial charge in [-0.1, -0.05) is 41.9 Å². The molecule has 1 saturated heterocycles. The number of nitrogens with one attached hydrogen (secondary N) is 1. The first-order chi connectivity index (χ1) is 12.1. The Morgan fingerprint density at radius 2 is 1.60 bits per heavy atom. The maximum Gasteiger partial charge on any atom is 0.258 e. The van der Waals surface area contributed by atoms with Crippen LogP contribution >= 0.6 is 11.6 Å². The van der Waals surface area contributed by atoms with Crippen molar-refractivity contribution in [1.29, 1.82) is 0 Å². The van der Waals surface area contributed by atoms with E-state index >= 15 is 0 Å². The molecule has 4 rings (SSSR count). The summed E-state index contributed by atoms with van der Waals surface area (Å²) in [7, 11) is -3.52. The first-order valence-corrected chi connectivity index (χ1v) is 9.95. The highest BCUT2D eigenvalue weighted by atomic mass is 35.5. The number of anilines is 1. The van der Waals surface area contributed by atoms with Crippen LogP contribution in [0.15, 0.2) is 59.6 Å². The summed E-state index contributed by atoms with van der Waals surface area (Å²) in [6, 6.07) is 16.9. The summed E-state index contributed by atoms with van der Waals surface area (Å²) < 4.78 is 27.4. The van der Waals surface area contributed by atoms with Gasteiger partial charge in [-0.2, -0.15) is 4.31 Å². The highest BCUT2D eigenvalue weighted by molar-refractivity contribution is 7.89. The molecule has 1 aliphatic rings. The second-order valence-corrected chi connectivity index (χ2v) is 8.38. The molecule has 0 aliphatic carbocycles. The maximum absolute atomic E-state index is 12.9. The first kappa shape index (κ1) is 16.4. The second kappa shape index (κ2) is 6.37. The van der Waals surface area contributed by atoms with Crippen molar-refractivity contribution in [3.63, 3.8) is 0 Å². The normalized spacial score (nSPS) is 16.4. The molecule has 0 unspecified atom stereocenters. The van der Waals surface area contributed by atoms with Gasteiger partial charge in [-0.15, -0.1) is 0 Å². The molecule has 130 valence electrons. The highest BCUT2D eigenvalue weighted by Gasteiger charge is 2.30. The van der Waals surface area contributed by atoms with Crippen molar-refractivity contribution in [3.05, 3.63) is 59.6 Å². The van der Waals surface area contributed by atoms with Gasteiger partial charge in [0.05, 0.1) is 10.7 Å². The van der Waals surface area contributed by atoms with E-state index < -0.39 is 10.0 Å². The second-order valence-electron chi connectivity index (χ2n) is 6.06. The fraction of sp³-hybridized carbons (Fsp3) is 0.222. The minimum atomic E-state index is -3.52. The molecule has 2 aromatic carbocycles. The zero-order valence-corrected chi connectivity index (χ0v) is 15.1. The Morgan fingerprint density at radius 3 is 2.32 bits per heavy atom. The average molecular weight is 376 g/mol. The average Bonchev–Trinajstić information content (AvgIpc) is 3.07. The Hall–Kier alpha value is -2.02. The highest BCUT2D eigenvalue weighted by Crippen LogP contribution is 2.28. The zero-order chi connectivity index (χ0) is 17.4. The molecule has 5 nitrogen and oxygen atoms in total. The van der Waals surface area contributed by atoms with Crippen molar-refractivity contribution in [2.24, 2.45) is 0 Å². The largest absolute Gasteiger partial charge is 0.368 e. The third-order valence-electron chi connectivity index (χ3n) is 4.55. The molecule has 1 N–H and O–H groups in total. The molecule has 0 amide bonds. The molecule has 0 radical (unpaired) electrons. The predicted octanol–water partition coefficient (Wildman–Crippen LogP) is 3.33. The van der Waals surface area contributed by atoms with Gasteiger partial charge < -0.3 is 9.88 Å². The maximum atomic E-state index is 12.9. The number of nitrogens with zero attached hydrogens (tertiary/aromatic N) is 2. The fourth-order valence-electron chi connectivity index (χ4n) is 3.20. The topological polar surface area (TPSA) is 56.4 Å². The summed E-state index contributed by atoms with van der Waals surface area (Å²) in [5.74, 6) is 0. The van der Waals surface area contributed by atoms with E-state index in [1.807, 2.05) is 48.5 Å². The lowest BCUT2D eigenvalue weighted by atomic mass is 10.2. The molecule has 1 aliphatic heterocycles. The molecule has 7 heteroatoms. The number of halogens is 1. The summed E-state index contributed by atoms with van der Waals surface area (Å²) >= 11 is 6.25. The third kappa shape index (κ3) is 3.01. The number of H-pyrrole nitrogens is 1. The van der Waals surface area contributed by atoms with E-state index in [0.29, 0.717) is 31.2 Å². The summed E-state index contributed by atoms with van der Waals surface area (Å²) in [5, 5.41) is 1.84. The van der Waals surface area contributed by atoms with E-state index in [-0.39, 0.29) is 5.03 Å². The van der Waals surface area contributed by atoms with E-state index in [4.69, 9.17) is 11.6 Å². The summed E-state index contributed by atoms with van der Waals surface area (Å²) in [6.45, 7) is 2.10. The number of rotatable bonds is 3. The van der Waals surface area contributed by atoms with Crippen LogP contribution in [0.2, 0.25) is 5.02 Å². The molecule has 0 saturated carbocycles. The van der Waals surface area contributed by atoms with Crippen molar-refractivity contribution in [3.8, 4) is 0 Å². The zero-order valence-electron chi connectivity index (χ0n) is 13.5. The van der Waals surface area contributed by atoms with Crippen LogP contribution in [0.4, 0.5) is 5.69 Å². The lowest BCUT2D eigenvalue weighted by molar-refractivity contribution is 0.384. The van der Waals surface area contributed by atoms with Crippen LogP contribution in [-0.2, 0) is 10.0 Å². The van der Waals surface area contributed by atoms with E-state index in [1.54, 1.807) is 6.07 Å². The van der Waals surface area contributed by atoms with Gasteiger partial charge >= 0.3 is 0 Å². The van der Waals surface area contributed by atoms with E-state index in [0.717, 1.165) is 16.6 Å². The number of hydrogen-bond acceptors (Lipinski definition) is 3. The van der Waals surface area contributed by atoms with Gasteiger partial charge in [-0.3, -0.25) is 0 Å². The standard InChI is InChI=1S/C18H18ClN3O2S/c19-15-6-2-4-8-17(15)21-9-11-22(12-10-21)25(23,24)18-13-14-5-1-3-7-16(14)20-18/h1-8,13,20H,9-12H2. The lowest BCUT2D eigenvalue weighted by Crippen LogP contribution is -2.48. The summed E-state index contributed by atoms with van der Waals surface area (Å²) in [6.07, 6.45) is 0. The van der Waals surface area contributed by atoms with Crippen LogP contribution in [0.5, 0.6) is 0 Å². The first-order valence-electron chi connectivity index (χ1n) is 8.13. The van der Waals surface area contributed by atoms with Crippen LogP contribution in [0.25, 0.3) is 10.9 Å². The van der Waals surface area contributed by atoms with Crippen molar-refractivity contribution < 1.29 is 8.42 Å². The number of piperazine rings is 1. The quantitative estimate of drug-likeness (QED) is 0.763. The van der Waals surface area contributed by atoms with E-state index in [1.165, 1.54) is 4.31 Å². The van der Waals surface area contributed by atoms with Crippen molar-refractivity contribution in [1.82, 2.24) is 9.29 Å². The molecular formula is C18H18ClN3O2S. The number of sulfonamides is 1. The van der Waals surface area contributed by atoms with Crippen molar-refractivity contribution in [2.45, 2.75) is 5.03 Å². The lowest BCUT2D eigenvalue weighted by Gasteiger charge is -2.35. The van der Waals surface area contributed by atoms with Crippen LogP contribution in [0.3, 0.4) is 0 Å². The molecule has 25 heavy (non-hydrogen) atoms.